The van der Waals surface area contributed by atoms with E-state index in [1.165, 1.54) is 49.7 Å². The second-order valence-corrected chi connectivity index (χ2v) is 8.38. The Morgan fingerprint density at radius 1 is 1.29 bits per heavy atom. The molecule has 0 radical (unpaired) electrons. The van der Waals surface area contributed by atoms with E-state index >= 15 is 0 Å². The van der Waals surface area contributed by atoms with Gasteiger partial charge >= 0.3 is 0 Å². The van der Waals surface area contributed by atoms with Gasteiger partial charge in [0.25, 0.3) is 0 Å². The van der Waals surface area contributed by atoms with Crippen LogP contribution in [-0.4, -0.2) is 39.3 Å². The van der Waals surface area contributed by atoms with E-state index in [2.05, 4.69) is 5.32 Å². The minimum atomic E-state index is -3.60. The maximum Gasteiger partial charge on any atom is 0.242 e. The molecule has 0 atom stereocenters. The van der Waals surface area contributed by atoms with Gasteiger partial charge < -0.3 is 10.1 Å². The number of carbonyl (C=O) groups excluding carboxylic acids is 1. The Bertz CT molecular complexity index is 682. The molecule has 1 aromatic rings. The number of amides is 1. The first-order valence-electron chi connectivity index (χ1n) is 8.26. The quantitative estimate of drug-likeness (QED) is 0.852. The number of rotatable bonds is 6. The number of hydrogen-bond donors (Lipinski definition) is 1. The minimum absolute atomic E-state index is 0.158. The molecule has 24 heavy (non-hydrogen) atoms. The largest absolute Gasteiger partial charge is 0.495 e. The summed E-state index contributed by atoms with van der Waals surface area (Å²) >= 11 is 0. The standard InChI is InChI=1S/C17H26N2O4S/c1-13(20)18-16-11-15(9-10-17(16)23-3)24(21,22)19(2)12-14-7-5-4-6-8-14/h9-11,14H,4-8,12H2,1-3H3,(H,18,20). The highest BCUT2D eigenvalue weighted by molar-refractivity contribution is 7.89. The molecule has 0 aliphatic heterocycles. The van der Waals surface area contributed by atoms with Crippen molar-refractivity contribution in [3.8, 4) is 5.75 Å². The lowest BCUT2D eigenvalue weighted by Crippen LogP contribution is -2.32. The lowest BCUT2D eigenvalue weighted by Gasteiger charge is -2.26. The van der Waals surface area contributed by atoms with Crippen LogP contribution >= 0.6 is 0 Å². The van der Waals surface area contributed by atoms with Crippen molar-refractivity contribution in [2.24, 2.45) is 5.92 Å². The van der Waals surface area contributed by atoms with Gasteiger partial charge in [-0.15, -0.1) is 0 Å². The molecule has 1 amide bonds. The topological polar surface area (TPSA) is 75.7 Å². The predicted molar refractivity (Wildman–Crippen MR) is 93.7 cm³/mol. The van der Waals surface area contributed by atoms with Gasteiger partial charge in [-0.05, 0) is 37.0 Å². The Labute approximate surface area is 144 Å². The molecule has 1 N–H and O–H groups in total. The fourth-order valence-electron chi connectivity index (χ4n) is 3.15. The fraction of sp³-hybridized carbons (Fsp3) is 0.588. The van der Waals surface area contributed by atoms with Crippen molar-refractivity contribution >= 4 is 21.6 Å². The van der Waals surface area contributed by atoms with E-state index < -0.39 is 10.0 Å². The first kappa shape index (κ1) is 18.7. The molecule has 0 spiro atoms. The normalized spacial score (nSPS) is 16.2. The first-order valence-corrected chi connectivity index (χ1v) is 9.70. The number of methoxy groups -OCH3 is 1. The van der Waals surface area contributed by atoms with Crippen molar-refractivity contribution < 1.29 is 17.9 Å². The van der Waals surface area contributed by atoms with Gasteiger partial charge in [-0.3, -0.25) is 4.79 Å². The highest BCUT2D eigenvalue weighted by atomic mass is 32.2. The summed E-state index contributed by atoms with van der Waals surface area (Å²) in [6.45, 7) is 1.90. The van der Waals surface area contributed by atoms with Gasteiger partial charge in [0.2, 0.25) is 15.9 Å². The summed E-state index contributed by atoms with van der Waals surface area (Å²) in [7, 11) is -0.502. The molecule has 0 unspecified atom stereocenters. The molecular formula is C17H26N2O4S. The number of sulfonamides is 1. The van der Waals surface area contributed by atoms with Gasteiger partial charge in [0.1, 0.15) is 5.75 Å². The number of anilines is 1. The fourth-order valence-corrected chi connectivity index (χ4v) is 4.42. The SMILES string of the molecule is COc1ccc(S(=O)(=O)N(C)CC2CCCCC2)cc1NC(C)=O. The molecule has 134 valence electrons. The number of benzene rings is 1. The average Bonchev–Trinajstić information content (AvgIpc) is 2.55. The monoisotopic (exact) mass is 354 g/mol. The van der Waals surface area contributed by atoms with E-state index in [1.807, 2.05) is 0 Å². The summed E-state index contributed by atoms with van der Waals surface area (Å²) in [6, 6.07) is 4.52. The van der Waals surface area contributed by atoms with E-state index in [1.54, 1.807) is 13.1 Å². The molecule has 1 aliphatic rings. The molecule has 1 aromatic carbocycles. The van der Waals surface area contributed by atoms with E-state index in [0.29, 0.717) is 23.9 Å². The average molecular weight is 354 g/mol. The van der Waals surface area contributed by atoms with Crippen LogP contribution in [0.4, 0.5) is 5.69 Å². The third kappa shape index (κ3) is 4.48. The zero-order valence-corrected chi connectivity index (χ0v) is 15.4. The maximum absolute atomic E-state index is 12.8. The van der Waals surface area contributed by atoms with Gasteiger partial charge in [-0.1, -0.05) is 19.3 Å². The van der Waals surface area contributed by atoms with Crippen molar-refractivity contribution in [2.45, 2.75) is 43.9 Å². The van der Waals surface area contributed by atoms with Crippen molar-refractivity contribution in [3.63, 3.8) is 0 Å². The second kappa shape index (κ2) is 7.98. The van der Waals surface area contributed by atoms with Crippen LogP contribution in [0.1, 0.15) is 39.0 Å². The molecule has 0 saturated heterocycles. The van der Waals surface area contributed by atoms with Crippen molar-refractivity contribution in [3.05, 3.63) is 18.2 Å². The number of carbonyl (C=O) groups is 1. The molecule has 1 saturated carbocycles. The molecule has 0 aromatic heterocycles. The Kier molecular flexibility index (Phi) is 6.23. The van der Waals surface area contributed by atoms with Crippen molar-refractivity contribution in [1.82, 2.24) is 4.31 Å². The van der Waals surface area contributed by atoms with Gasteiger partial charge in [0.15, 0.2) is 0 Å². The number of nitrogens with one attached hydrogen (secondary N) is 1. The smallest absolute Gasteiger partial charge is 0.242 e. The second-order valence-electron chi connectivity index (χ2n) is 6.33. The molecule has 1 fully saturated rings. The van der Waals surface area contributed by atoms with Gasteiger partial charge in [0, 0.05) is 20.5 Å². The molecule has 7 heteroatoms. The lowest BCUT2D eigenvalue weighted by molar-refractivity contribution is -0.114. The van der Waals surface area contributed by atoms with E-state index in [0.717, 1.165) is 12.8 Å². The van der Waals surface area contributed by atoms with Crippen LogP contribution in [0, 0.1) is 5.92 Å². The Morgan fingerprint density at radius 3 is 2.54 bits per heavy atom. The highest BCUT2D eigenvalue weighted by Crippen LogP contribution is 2.30. The Balaban J connectivity index is 2.22. The van der Waals surface area contributed by atoms with Gasteiger partial charge in [-0.25, -0.2) is 12.7 Å². The summed E-state index contributed by atoms with van der Waals surface area (Å²) in [6.07, 6.45) is 5.76. The van der Waals surface area contributed by atoms with E-state index in [-0.39, 0.29) is 10.8 Å². The summed E-state index contributed by atoms with van der Waals surface area (Å²) < 4.78 is 32.2. The third-order valence-electron chi connectivity index (χ3n) is 4.43. The summed E-state index contributed by atoms with van der Waals surface area (Å²) in [5.74, 6) is 0.573. The molecular weight excluding hydrogens is 328 g/mol. The minimum Gasteiger partial charge on any atom is -0.495 e. The lowest BCUT2D eigenvalue weighted by atomic mass is 9.89. The van der Waals surface area contributed by atoms with Crippen LogP contribution in [0.3, 0.4) is 0 Å². The van der Waals surface area contributed by atoms with Crippen LogP contribution < -0.4 is 10.1 Å². The van der Waals surface area contributed by atoms with Gasteiger partial charge in [-0.2, -0.15) is 0 Å². The van der Waals surface area contributed by atoms with Crippen LogP contribution in [0.25, 0.3) is 0 Å². The molecule has 6 nitrogen and oxygen atoms in total. The number of ether oxygens (including phenoxy) is 1. The van der Waals surface area contributed by atoms with Crippen LogP contribution in [0.2, 0.25) is 0 Å². The molecule has 1 aliphatic carbocycles. The zero-order chi connectivity index (χ0) is 17.7. The summed E-state index contributed by atoms with van der Waals surface area (Å²) in [4.78, 5) is 11.5. The number of nitrogens with zero attached hydrogens (tertiary/aromatic N) is 1. The van der Waals surface area contributed by atoms with Crippen LogP contribution in [0.15, 0.2) is 23.1 Å². The molecule has 0 bridgehead atoms. The van der Waals surface area contributed by atoms with E-state index in [4.69, 9.17) is 4.74 Å². The summed E-state index contributed by atoms with van der Waals surface area (Å²) in [5.41, 5.74) is 0.358. The Morgan fingerprint density at radius 2 is 1.96 bits per heavy atom. The maximum atomic E-state index is 12.8. The van der Waals surface area contributed by atoms with Crippen molar-refractivity contribution in [2.75, 3.05) is 26.0 Å². The predicted octanol–water partition coefficient (Wildman–Crippen LogP) is 2.85. The van der Waals surface area contributed by atoms with Crippen LogP contribution in [-0.2, 0) is 14.8 Å². The van der Waals surface area contributed by atoms with E-state index in [9.17, 15) is 13.2 Å². The molecule has 2 rings (SSSR count). The highest BCUT2D eigenvalue weighted by Gasteiger charge is 2.25. The number of hydrogen-bond acceptors (Lipinski definition) is 4. The zero-order valence-electron chi connectivity index (χ0n) is 14.5. The summed E-state index contributed by atoms with van der Waals surface area (Å²) in [5, 5.41) is 2.61. The van der Waals surface area contributed by atoms with Crippen LogP contribution in [0.5, 0.6) is 5.75 Å². The van der Waals surface area contributed by atoms with Gasteiger partial charge in [0.05, 0.1) is 17.7 Å². The third-order valence-corrected chi connectivity index (χ3v) is 6.25. The Hall–Kier alpha value is -1.60. The van der Waals surface area contributed by atoms with Crippen molar-refractivity contribution in [1.29, 1.82) is 0 Å². The molecule has 0 heterocycles. The first-order chi connectivity index (χ1) is 11.3.